The van der Waals surface area contributed by atoms with E-state index in [-0.39, 0.29) is 17.8 Å². The van der Waals surface area contributed by atoms with Gasteiger partial charge in [0.15, 0.2) is 0 Å². The summed E-state index contributed by atoms with van der Waals surface area (Å²) >= 11 is 0. The molecule has 1 aromatic carbocycles. The van der Waals surface area contributed by atoms with Crippen molar-refractivity contribution in [1.29, 1.82) is 0 Å². The lowest BCUT2D eigenvalue weighted by molar-refractivity contribution is -0.143. The van der Waals surface area contributed by atoms with E-state index in [4.69, 9.17) is 4.74 Å². The second kappa shape index (κ2) is 12.0. The molecule has 8 nitrogen and oxygen atoms in total. The Kier molecular flexibility index (Phi) is 8.51. The highest BCUT2D eigenvalue weighted by molar-refractivity contribution is 5.69. The topological polar surface area (TPSA) is 73.8 Å². The molecule has 184 valence electrons. The third-order valence-corrected chi connectivity index (χ3v) is 6.46. The molecule has 2 saturated heterocycles. The van der Waals surface area contributed by atoms with E-state index in [1.807, 2.05) is 19.1 Å². The Morgan fingerprint density at radius 2 is 2.00 bits per heavy atom. The quantitative estimate of drug-likeness (QED) is 0.561. The van der Waals surface area contributed by atoms with Gasteiger partial charge in [-0.3, -0.25) is 9.69 Å². The molecule has 2 fully saturated rings. The van der Waals surface area contributed by atoms with Crippen LogP contribution in [-0.4, -0.2) is 79.3 Å². The zero-order valence-electron chi connectivity index (χ0n) is 20.0. The molecule has 3 heterocycles. The van der Waals surface area contributed by atoms with E-state index in [9.17, 15) is 9.18 Å². The molecule has 0 aliphatic carbocycles. The summed E-state index contributed by atoms with van der Waals surface area (Å²) in [5.41, 5.74) is 0.926. The molecule has 2 aromatic rings. The second-order valence-electron chi connectivity index (χ2n) is 8.91. The van der Waals surface area contributed by atoms with Crippen LogP contribution in [0.15, 0.2) is 36.7 Å². The van der Waals surface area contributed by atoms with Crippen molar-refractivity contribution in [2.75, 3.05) is 67.5 Å². The predicted octanol–water partition coefficient (Wildman–Crippen LogP) is 3.16. The van der Waals surface area contributed by atoms with Gasteiger partial charge in [0, 0.05) is 63.5 Å². The van der Waals surface area contributed by atoms with Gasteiger partial charge >= 0.3 is 5.97 Å². The molecular formula is C25H35FN6O2. The van der Waals surface area contributed by atoms with Crippen LogP contribution in [0.25, 0.3) is 0 Å². The van der Waals surface area contributed by atoms with E-state index in [0.717, 1.165) is 82.4 Å². The van der Waals surface area contributed by atoms with Crippen LogP contribution in [0, 0.1) is 5.82 Å². The van der Waals surface area contributed by atoms with Crippen LogP contribution in [0.1, 0.15) is 32.6 Å². The predicted molar refractivity (Wildman–Crippen MR) is 132 cm³/mol. The summed E-state index contributed by atoms with van der Waals surface area (Å²) in [7, 11) is 0. The van der Waals surface area contributed by atoms with Crippen LogP contribution in [0.4, 0.5) is 21.7 Å². The van der Waals surface area contributed by atoms with Gasteiger partial charge in [-0.1, -0.05) is 6.07 Å². The summed E-state index contributed by atoms with van der Waals surface area (Å²) in [6, 6.07) is 9.08. The number of benzene rings is 1. The highest BCUT2D eigenvalue weighted by Crippen LogP contribution is 2.23. The Bertz CT molecular complexity index is 937. The van der Waals surface area contributed by atoms with Gasteiger partial charge in [-0.2, -0.15) is 0 Å². The number of esters is 1. The van der Waals surface area contributed by atoms with Crippen LogP contribution in [0.5, 0.6) is 0 Å². The van der Waals surface area contributed by atoms with Crippen molar-refractivity contribution in [2.24, 2.45) is 0 Å². The zero-order valence-corrected chi connectivity index (χ0v) is 20.0. The van der Waals surface area contributed by atoms with Crippen molar-refractivity contribution in [3.05, 3.63) is 42.5 Å². The van der Waals surface area contributed by atoms with E-state index >= 15 is 0 Å². The van der Waals surface area contributed by atoms with Gasteiger partial charge in [0.25, 0.3) is 0 Å². The van der Waals surface area contributed by atoms with Gasteiger partial charge in [-0.05, 0) is 50.9 Å². The number of anilines is 3. The molecular weight excluding hydrogens is 435 g/mol. The lowest BCUT2D eigenvalue weighted by atomic mass is 10.0. The molecule has 34 heavy (non-hydrogen) atoms. The maximum absolute atomic E-state index is 13.6. The maximum Gasteiger partial charge on any atom is 0.305 e. The Balaban J connectivity index is 1.26. The van der Waals surface area contributed by atoms with E-state index in [1.54, 1.807) is 18.5 Å². The van der Waals surface area contributed by atoms with Crippen molar-refractivity contribution < 1.29 is 13.9 Å². The Morgan fingerprint density at radius 3 is 2.79 bits per heavy atom. The Hall–Kier alpha value is -2.94. The molecule has 1 N–H and O–H groups in total. The fraction of sp³-hybridized carbons (Fsp3) is 0.560. The normalized spacial score (nSPS) is 19.2. The Morgan fingerprint density at radius 1 is 1.15 bits per heavy atom. The molecule has 0 radical (unpaired) electrons. The highest BCUT2D eigenvalue weighted by Gasteiger charge is 2.22. The number of piperidine rings is 1. The van der Waals surface area contributed by atoms with Crippen LogP contribution in [0.3, 0.4) is 0 Å². The molecule has 0 amide bonds. The minimum atomic E-state index is -0.202. The molecule has 1 aromatic heterocycles. The van der Waals surface area contributed by atoms with Crippen molar-refractivity contribution in [3.8, 4) is 0 Å². The minimum Gasteiger partial charge on any atom is -0.466 e. The summed E-state index contributed by atoms with van der Waals surface area (Å²) in [6.07, 6.45) is 5.03. The van der Waals surface area contributed by atoms with Crippen LogP contribution in [-0.2, 0) is 9.53 Å². The van der Waals surface area contributed by atoms with E-state index < -0.39 is 0 Å². The number of hydrogen-bond donors (Lipinski definition) is 1. The lowest BCUT2D eigenvalue weighted by Gasteiger charge is -2.36. The molecule has 0 saturated carbocycles. The highest BCUT2D eigenvalue weighted by atomic mass is 19.1. The molecule has 9 heteroatoms. The van der Waals surface area contributed by atoms with Crippen LogP contribution < -0.4 is 15.1 Å². The van der Waals surface area contributed by atoms with Gasteiger partial charge in [-0.25, -0.2) is 14.4 Å². The monoisotopic (exact) mass is 470 g/mol. The first-order valence-corrected chi connectivity index (χ1v) is 12.3. The second-order valence-corrected chi connectivity index (χ2v) is 8.91. The number of nitrogens with one attached hydrogen (secondary N) is 1. The third kappa shape index (κ3) is 6.79. The first-order chi connectivity index (χ1) is 16.6. The van der Waals surface area contributed by atoms with Gasteiger partial charge in [0.2, 0.25) is 0 Å². The van der Waals surface area contributed by atoms with Gasteiger partial charge in [0.05, 0.1) is 6.61 Å². The molecule has 2 aliphatic heterocycles. The first kappa shape index (κ1) is 24.2. The summed E-state index contributed by atoms with van der Waals surface area (Å²) in [5.74, 6) is 1.45. The summed E-state index contributed by atoms with van der Waals surface area (Å²) in [6.45, 7) is 8.61. The maximum atomic E-state index is 13.6. The molecule has 1 atom stereocenters. The van der Waals surface area contributed by atoms with E-state index in [1.165, 1.54) is 6.07 Å². The van der Waals surface area contributed by atoms with Gasteiger partial charge in [-0.15, -0.1) is 0 Å². The van der Waals surface area contributed by atoms with Gasteiger partial charge in [0.1, 0.15) is 23.8 Å². The first-order valence-electron chi connectivity index (χ1n) is 12.3. The third-order valence-electron chi connectivity index (χ3n) is 6.46. The van der Waals surface area contributed by atoms with Gasteiger partial charge < -0.3 is 19.9 Å². The number of aromatic nitrogens is 2. The minimum absolute atomic E-state index is 0.112. The molecule has 0 bridgehead atoms. The van der Waals surface area contributed by atoms with E-state index in [2.05, 4.69) is 30.0 Å². The number of carbonyl (C=O) groups is 1. The average molecular weight is 471 g/mol. The van der Waals surface area contributed by atoms with Crippen molar-refractivity contribution >= 4 is 23.3 Å². The fourth-order valence-electron chi connectivity index (χ4n) is 4.69. The molecule has 0 unspecified atom stereocenters. The molecule has 0 spiro atoms. The van der Waals surface area contributed by atoms with Crippen LogP contribution in [0.2, 0.25) is 0 Å². The number of nitrogens with zero attached hydrogens (tertiary/aromatic N) is 5. The molecule has 2 aliphatic rings. The average Bonchev–Trinajstić information content (AvgIpc) is 2.85. The molecule has 4 rings (SSSR count). The number of hydrogen-bond acceptors (Lipinski definition) is 8. The number of piperazine rings is 1. The van der Waals surface area contributed by atoms with Crippen molar-refractivity contribution in [2.45, 2.75) is 38.6 Å². The number of carbonyl (C=O) groups excluding carboxylic acids is 1. The summed E-state index contributed by atoms with van der Waals surface area (Å²) < 4.78 is 18.6. The summed E-state index contributed by atoms with van der Waals surface area (Å²) in [5, 5.41) is 3.56. The number of ether oxygens (including phenoxy) is 1. The van der Waals surface area contributed by atoms with Crippen LogP contribution >= 0.6 is 0 Å². The number of halogens is 1. The van der Waals surface area contributed by atoms with Crippen molar-refractivity contribution in [1.82, 2.24) is 14.9 Å². The lowest BCUT2D eigenvalue weighted by Crippen LogP contribution is -2.47. The smallest absolute Gasteiger partial charge is 0.305 e. The largest absolute Gasteiger partial charge is 0.466 e. The Labute approximate surface area is 201 Å². The SMILES string of the molecule is CCOC(=O)CCCN1CCN(c2cc(N[C@@H]3CCCN(c4cccc(F)c4)C3)ncn2)CC1. The van der Waals surface area contributed by atoms with Crippen molar-refractivity contribution in [3.63, 3.8) is 0 Å². The number of rotatable bonds is 9. The zero-order chi connectivity index (χ0) is 23.8. The fourth-order valence-corrected chi connectivity index (χ4v) is 4.69. The van der Waals surface area contributed by atoms with E-state index in [0.29, 0.717) is 13.0 Å². The summed E-state index contributed by atoms with van der Waals surface area (Å²) in [4.78, 5) is 27.4. The standard InChI is InChI=1S/C25H35FN6O2/c1-2-34-25(33)9-5-10-30-12-14-31(15-13-30)24-17-23(27-19-28-24)29-21-7-4-11-32(18-21)22-8-3-6-20(26)16-22/h3,6,8,16-17,19,21H,2,4-5,7,9-15,18H2,1H3,(H,27,28,29)/t21-/m1/s1.